The highest BCUT2D eigenvalue weighted by atomic mass is 32.1. The predicted molar refractivity (Wildman–Crippen MR) is 54.6 cm³/mol. The maximum absolute atomic E-state index is 5.55. The topological polar surface area (TPSA) is 42.2 Å². The molecule has 2 N–H and O–H groups in total. The van der Waals surface area contributed by atoms with Crippen LogP contribution in [0.25, 0.3) is 0 Å². The minimum Gasteiger partial charge on any atom is -0.326 e. The molecule has 3 nitrogen and oxygen atoms in total. The summed E-state index contributed by atoms with van der Waals surface area (Å²) in [5.41, 5.74) is 5.55. The monoisotopic (exact) mass is 197 g/mol. The van der Waals surface area contributed by atoms with Crippen molar-refractivity contribution in [3.8, 4) is 0 Å². The molecule has 1 aromatic rings. The fourth-order valence-electron chi connectivity index (χ4n) is 1.79. The van der Waals surface area contributed by atoms with Crippen LogP contribution in [0.3, 0.4) is 0 Å². The van der Waals surface area contributed by atoms with Gasteiger partial charge in [-0.3, -0.25) is 4.90 Å². The summed E-state index contributed by atoms with van der Waals surface area (Å²) in [6.07, 6.45) is 4.44. The first-order valence-corrected chi connectivity index (χ1v) is 5.48. The lowest BCUT2D eigenvalue weighted by molar-refractivity contribution is 0.316. The molecule has 0 spiro atoms. The van der Waals surface area contributed by atoms with Gasteiger partial charge in [0.2, 0.25) is 0 Å². The SMILES string of the molecule is CN1CCCC1c1ncc(CN)s1. The quantitative estimate of drug-likeness (QED) is 0.778. The van der Waals surface area contributed by atoms with Crippen molar-refractivity contribution in [1.29, 1.82) is 0 Å². The van der Waals surface area contributed by atoms with Crippen LogP contribution in [-0.4, -0.2) is 23.5 Å². The summed E-state index contributed by atoms with van der Waals surface area (Å²) >= 11 is 1.76. The highest BCUT2D eigenvalue weighted by Crippen LogP contribution is 2.32. The third kappa shape index (κ3) is 1.75. The second-order valence-electron chi connectivity index (χ2n) is 3.51. The van der Waals surface area contributed by atoms with Gasteiger partial charge in [0.25, 0.3) is 0 Å². The molecule has 72 valence electrons. The largest absolute Gasteiger partial charge is 0.326 e. The summed E-state index contributed by atoms with van der Waals surface area (Å²) in [6, 6.07) is 0.547. The second kappa shape index (κ2) is 3.74. The summed E-state index contributed by atoms with van der Waals surface area (Å²) in [4.78, 5) is 7.98. The van der Waals surface area contributed by atoms with E-state index in [9.17, 15) is 0 Å². The third-order valence-electron chi connectivity index (χ3n) is 2.58. The Bertz CT molecular complexity index is 284. The van der Waals surface area contributed by atoms with Crippen LogP contribution in [-0.2, 0) is 6.54 Å². The average Bonchev–Trinajstić information content (AvgIpc) is 2.71. The lowest BCUT2D eigenvalue weighted by Gasteiger charge is -2.16. The van der Waals surface area contributed by atoms with Crippen LogP contribution in [0, 0.1) is 0 Å². The lowest BCUT2D eigenvalue weighted by Crippen LogP contribution is -2.17. The number of thiazole rings is 1. The van der Waals surface area contributed by atoms with Gasteiger partial charge in [-0.15, -0.1) is 11.3 Å². The van der Waals surface area contributed by atoms with Crippen LogP contribution in [0.2, 0.25) is 0 Å². The molecule has 1 unspecified atom stereocenters. The van der Waals surface area contributed by atoms with Crippen LogP contribution in [0.4, 0.5) is 0 Å². The number of hydrogen-bond acceptors (Lipinski definition) is 4. The average molecular weight is 197 g/mol. The van der Waals surface area contributed by atoms with E-state index < -0.39 is 0 Å². The van der Waals surface area contributed by atoms with Crippen LogP contribution < -0.4 is 5.73 Å². The van der Waals surface area contributed by atoms with E-state index in [1.54, 1.807) is 11.3 Å². The Morgan fingerprint density at radius 1 is 1.77 bits per heavy atom. The van der Waals surface area contributed by atoms with Gasteiger partial charge in [0.15, 0.2) is 0 Å². The molecule has 1 fully saturated rings. The van der Waals surface area contributed by atoms with Gasteiger partial charge in [-0.2, -0.15) is 0 Å². The summed E-state index contributed by atoms with van der Waals surface area (Å²) < 4.78 is 0. The molecule has 0 radical (unpaired) electrons. The minimum atomic E-state index is 0.547. The molecule has 1 aromatic heterocycles. The van der Waals surface area contributed by atoms with Crippen molar-refractivity contribution in [2.45, 2.75) is 25.4 Å². The number of nitrogens with two attached hydrogens (primary N) is 1. The summed E-state index contributed by atoms with van der Waals surface area (Å²) in [6.45, 7) is 1.82. The molecule has 1 aliphatic rings. The van der Waals surface area contributed by atoms with Gasteiger partial charge in [0, 0.05) is 17.6 Å². The van der Waals surface area contributed by atoms with E-state index >= 15 is 0 Å². The van der Waals surface area contributed by atoms with Gasteiger partial charge in [0.05, 0.1) is 6.04 Å². The zero-order valence-electron chi connectivity index (χ0n) is 7.86. The van der Waals surface area contributed by atoms with Crippen LogP contribution in [0.15, 0.2) is 6.20 Å². The molecule has 0 aliphatic carbocycles. The summed E-state index contributed by atoms with van der Waals surface area (Å²) in [5.74, 6) is 0. The van der Waals surface area contributed by atoms with Gasteiger partial charge in [-0.05, 0) is 26.4 Å². The zero-order valence-corrected chi connectivity index (χ0v) is 8.68. The zero-order chi connectivity index (χ0) is 9.26. The molecular formula is C9H15N3S. The highest BCUT2D eigenvalue weighted by Gasteiger charge is 2.24. The number of nitrogens with zero attached hydrogens (tertiary/aromatic N) is 2. The van der Waals surface area contributed by atoms with E-state index in [4.69, 9.17) is 5.73 Å². The molecule has 0 aromatic carbocycles. The van der Waals surface area contributed by atoms with E-state index in [0.717, 1.165) is 0 Å². The standard InChI is InChI=1S/C9H15N3S/c1-12-4-2-3-8(12)9-11-6-7(5-10)13-9/h6,8H,2-5,10H2,1H3. The molecule has 0 saturated carbocycles. The van der Waals surface area contributed by atoms with Crippen molar-refractivity contribution in [3.05, 3.63) is 16.1 Å². The van der Waals surface area contributed by atoms with Gasteiger partial charge in [-0.25, -0.2) is 4.98 Å². The first-order chi connectivity index (χ1) is 6.31. The predicted octanol–water partition coefficient (Wildman–Crippen LogP) is 1.37. The molecule has 4 heteroatoms. The van der Waals surface area contributed by atoms with E-state index in [2.05, 4.69) is 16.9 Å². The Morgan fingerprint density at radius 2 is 2.62 bits per heavy atom. The maximum atomic E-state index is 5.55. The van der Waals surface area contributed by atoms with Crippen LogP contribution >= 0.6 is 11.3 Å². The number of likely N-dealkylation sites (tertiary alicyclic amines) is 1. The Hall–Kier alpha value is -0.450. The van der Waals surface area contributed by atoms with E-state index in [-0.39, 0.29) is 0 Å². The third-order valence-corrected chi connectivity index (χ3v) is 3.70. The highest BCUT2D eigenvalue weighted by molar-refractivity contribution is 7.11. The van der Waals surface area contributed by atoms with Crippen molar-refractivity contribution < 1.29 is 0 Å². The Morgan fingerprint density at radius 3 is 3.15 bits per heavy atom. The minimum absolute atomic E-state index is 0.547. The van der Waals surface area contributed by atoms with Gasteiger partial charge in [0.1, 0.15) is 5.01 Å². The molecule has 2 heterocycles. The fraction of sp³-hybridized carbons (Fsp3) is 0.667. The molecule has 1 saturated heterocycles. The van der Waals surface area contributed by atoms with Crippen molar-refractivity contribution >= 4 is 11.3 Å². The Labute approximate surface area is 82.6 Å². The molecule has 1 aliphatic heterocycles. The molecule has 2 rings (SSSR count). The maximum Gasteiger partial charge on any atom is 0.110 e. The fourth-order valence-corrected chi connectivity index (χ4v) is 2.79. The van der Waals surface area contributed by atoms with Gasteiger partial charge >= 0.3 is 0 Å². The molecule has 0 amide bonds. The van der Waals surface area contributed by atoms with E-state index in [1.807, 2.05) is 6.20 Å². The summed E-state index contributed by atoms with van der Waals surface area (Å²) in [7, 11) is 2.17. The van der Waals surface area contributed by atoms with Gasteiger partial charge < -0.3 is 5.73 Å². The summed E-state index contributed by atoms with van der Waals surface area (Å²) in [5, 5.41) is 1.24. The number of rotatable bonds is 2. The molecule has 1 atom stereocenters. The van der Waals surface area contributed by atoms with Crippen LogP contribution in [0.1, 0.15) is 28.8 Å². The Balaban J connectivity index is 2.15. The number of hydrogen-bond donors (Lipinski definition) is 1. The van der Waals surface area contributed by atoms with Gasteiger partial charge in [-0.1, -0.05) is 0 Å². The lowest BCUT2D eigenvalue weighted by atomic mass is 10.2. The van der Waals surface area contributed by atoms with Crippen molar-refractivity contribution in [2.24, 2.45) is 5.73 Å². The second-order valence-corrected chi connectivity index (χ2v) is 4.65. The smallest absolute Gasteiger partial charge is 0.110 e. The molecule has 13 heavy (non-hydrogen) atoms. The molecule has 0 bridgehead atoms. The number of aromatic nitrogens is 1. The first kappa shape index (κ1) is 9.12. The van der Waals surface area contributed by atoms with Crippen molar-refractivity contribution in [2.75, 3.05) is 13.6 Å². The normalized spacial score (nSPS) is 24.0. The van der Waals surface area contributed by atoms with Crippen LogP contribution in [0.5, 0.6) is 0 Å². The van der Waals surface area contributed by atoms with E-state index in [0.29, 0.717) is 12.6 Å². The first-order valence-electron chi connectivity index (χ1n) is 4.66. The Kier molecular flexibility index (Phi) is 2.62. The van der Waals surface area contributed by atoms with Crippen molar-refractivity contribution in [3.63, 3.8) is 0 Å². The van der Waals surface area contributed by atoms with Crippen molar-refractivity contribution in [1.82, 2.24) is 9.88 Å². The molecular weight excluding hydrogens is 182 g/mol. The van der Waals surface area contributed by atoms with E-state index in [1.165, 1.54) is 29.3 Å².